The van der Waals surface area contributed by atoms with E-state index in [4.69, 9.17) is 0 Å². The molecule has 0 aromatic carbocycles. The van der Waals surface area contributed by atoms with Gasteiger partial charge in [-0.25, -0.2) is 17.7 Å². The average Bonchev–Trinajstić information content (AvgIpc) is 2.80. The lowest BCUT2D eigenvalue weighted by Crippen LogP contribution is -2.48. The van der Waals surface area contributed by atoms with Gasteiger partial charge in [0.25, 0.3) is 0 Å². The molecule has 1 aromatic rings. The summed E-state index contributed by atoms with van der Waals surface area (Å²) in [4.78, 5) is 6.44. The molecule has 0 aliphatic carbocycles. The molecule has 0 radical (unpaired) electrons. The third-order valence-electron chi connectivity index (χ3n) is 3.12. The molecule has 96 valence electrons. The fraction of sp³-hybridized carbons (Fsp3) is 0.700. The molecule has 0 saturated carbocycles. The van der Waals surface area contributed by atoms with Crippen molar-refractivity contribution in [3.63, 3.8) is 0 Å². The van der Waals surface area contributed by atoms with Crippen molar-refractivity contribution in [2.75, 3.05) is 31.3 Å². The molecule has 5 nitrogen and oxygen atoms in total. The summed E-state index contributed by atoms with van der Waals surface area (Å²) in [5, 5.41) is 2.93. The van der Waals surface area contributed by atoms with E-state index in [9.17, 15) is 8.42 Å². The fourth-order valence-electron chi connectivity index (χ4n) is 2.07. The minimum Gasteiger partial charge on any atom is -0.346 e. The molecule has 0 spiro atoms. The fourth-order valence-corrected chi connectivity index (χ4v) is 3.46. The zero-order valence-electron chi connectivity index (χ0n) is 10.0. The van der Waals surface area contributed by atoms with Crippen LogP contribution in [0.4, 0.5) is 5.13 Å². The highest BCUT2D eigenvalue weighted by Gasteiger charge is 2.28. The summed E-state index contributed by atoms with van der Waals surface area (Å²) in [6.45, 7) is 1.69. The second kappa shape index (κ2) is 4.91. The summed E-state index contributed by atoms with van der Waals surface area (Å²) in [6.07, 6.45) is 4.97. The summed E-state index contributed by atoms with van der Waals surface area (Å²) in [6, 6.07) is 0.0580. The maximum atomic E-state index is 11.5. The number of hydrogen-bond acceptors (Lipinski definition) is 5. The van der Waals surface area contributed by atoms with Crippen LogP contribution in [0.2, 0.25) is 0 Å². The number of rotatable bonds is 3. The number of piperidine rings is 1. The number of thiazole rings is 1. The average molecular weight is 275 g/mol. The second-order valence-corrected chi connectivity index (χ2v) is 7.25. The van der Waals surface area contributed by atoms with E-state index in [1.54, 1.807) is 24.6 Å². The van der Waals surface area contributed by atoms with Crippen molar-refractivity contribution in [2.24, 2.45) is 0 Å². The topological polar surface area (TPSA) is 53.5 Å². The summed E-state index contributed by atoms with van der Waals surface area (Å²) < 4.78 is 24.5. The van der Waals surface area contributed by atoms with E-state index in [1.165, 1.54) is 10.6 Å². The Hall–Kier alpha value is -0.660. The van der Waals surface area contributed by atoms with Gasteiger partial charge in [-0.2, -0.15) is 0 Å². The molecular formula is C10H17N3O2S2. The molecule has 1 atom stereocenters. The zero-order chi connectivity index (χ0) is 12.5. The number of aromatic nitrogens is 1. The van der Waals surface area contributed by atoms with Crippen molar-refractivity contribution in [3.8, 4) is 0 Å². The molecular weight excluding hydrogens is 258 g/mol. The van der Waals surface area contributed by atoms with Crippen LogP contribution in [0.25, 0.3) is 0 Å². The van der Waals surface area contributed by atoms with Crippen LogP contribution in [0.5, 0.6) is 0 Å². The molecule has 17 heavy (non-hydrogen) atoms. The quantitative estimate of drug-likeness (QED) is 0.826. The maximum absolute atomic E-state index is 11.5. The highest BCUT2D eigenvalue weighted by molar-refractivity contribution is 7.88. The third kappa shape index (κ3) is 2.97. The first kappa shape index (κ1) is 12.8. The Labute approximate surface area is 106 Å². The first-order chi connectivity index (χ1) is 7.98. The Balaban J connectivity index is 2.08. The van der Waals surface area contributed by atoms with Gasteiger partial charge in [0.05, 0.1) is 6.26 Å². The molecule has 7 heteroatoms. The van der Waals surface area contributed by atoms with Crippen molar-refractivity contribution in [1.82, 2.24) is 9.29 Å². The normalized spacial score (nSPS) is 22.1. The molecule has 0 amide bonds. The van der Waals surface area contributed by atoms with Gasteiger partial charge >= 0.3 is 0 Å². The van der Waals surface area contributed by atoms with E-state index in [0.29, 0.717) is 0 Å². The lowest BCUT2D eigenvalue weighted by Gasteiger charge is -2.36. The number of hydrogen-bond donors (Lipinski definition) is 0. The smallest absolute Gasteiger partial charge is 0.211 e. The van der Waals surface area contributed by atoms with Crippen LogP contribution in [0, 0.1) is 0 Å². The molecule has 1 aliphatic heterocycles. The Morgan fingerprint density at radius 3 is 2.94 bits per heavy atom. The number of likely N-dealkylation sites (N-methyl/N-ethyl adjacent to an activating group) is 1. The van der Waals surface area contributed by atoms with Gasteiger partial charge < -0.3 is 4.90 Å². The van der Waals surface area contributed by atoms with Gasteiger partial charge in [0.2, 0.25) is 10.0 Å². The maximum Gasteiger partial charge on any atom is 0.211 e. The summed E-state index contributed by atoms with van der Waals surface area (Å²) >= 11 is 1.60. The van der Waals surface area contributed by atoms with Crippen molar-refractivity contribution in [3.05, 3.63) is 11.6 Å². The molecule has 1 unspecified atom stereocenters. The third-order valence-corrected chi connectivity index (χ3v) is 5.30. The van der Waals surface area contributed by atoms with E-state index in [0.717, 1.165) is 31.1 Å². The SMILES string of the molecule is CN(C1CCCN(c2nccs2)C1)S(C)(=O)=O. The molecule has 1 aliphatic rings. The number of nitrogens with zero attached hydrogens (tertiary/aromatic N) is 3. The zero-order valence-corrected chi connectivity index (χ0v) is 11.7. The summed E-state index contributed by atoms with van der Waals surface area (Å²) in [5.74, 6) is 0. The minimum atomic E-state index is -3.11. The Bertz CT molecular complexity index is 458. The monoisotopic (exact) mass is 275 g/mol. The highest BCUT2D eigenvalue weighted by Crippen LogP contribution is 2.24. The molecule has 1 saturated heterocycles. The molecule has 2 heterocycles. The van der Waals surface area contributed by atoms with Crippen LogP contribution in [0.15, 0.2) is 11.6 Å². The van der Waals surface area contributed by atoms with Crippen LogP contribution < -0.4 is 4.90 Å². The van der Waals surface area contributed by atoms with Gasteiger partial charge in [-0.3, -0.25) is 0 Å². The highest BCUT2D eigenvalue weighted by atomic mass is 32.2. The molecule has 1 fully saturated rings. The van der Waals surface area contributed by atoms with Gasteiger partial charge in [0, 0.05) is 37.8 Å². The first-order valence-electron chi connectivity index (χ1n) is 5.56. The predicted octanol–water partition coefficient (Wildman–Crippen LogP) is 1.00. The molecule has 0 bridgehead atoms. The lowest BCUT2D eigenvalue weighted by molar-refractivity contribution is 0.322. The van der Waals surface area contributed by atoms with E-state index < -0.39 is 10.0 Å². The van der Waals surface area contributed by atoms with Crippen LogP contribution >= 0.6 is 11.3 Å². The Morgan fingerprint density at radius 1 is 1.59 bits per heavy atom. The van der Waals surface area contributed by atoms with Crippen LogP contribution in [0.3, 0.4) is 0 Å². The van der Waals surface area contributed by atoms with Gasteiger partial charge in [-0.15, -0.1) is 11.3 Å². The Morgan fingerprint density at radius 2 is 2.35 bits per heavy atom. The summed E-state index contributed by atoms with van der Waals surface area (Å²) in [5.41, 5.74) is 0. The van der Waals surface area contributed by atoms with E-state index in [1.807, 2.05) is 5.38 Å². The van der Waals surface area contributed by atoms with E-state index in [2.05, 4.69) is 9.88 Å². The number of anilines is 1. The second-order valence-electron chi connectivity index (χ2n) is 4.34. The summed E-state index contributed by atoms with van der Waals surface area (Å²) in [7, 11) is -1.45. The molecule has 2 rings (SSSR count). The van der Waals surface area contributed by atoms with Gasteiger partial charge in [0.15, 0.2) is 5.13 Å². The van der Waals surface area contributed by atoms with Crippen molar-refractivity contribution in [1.29, 1.82) is 0 Å². The lowest BCUT2D eigenvalue weighted by atomic mass is 10.1. The van der Waals surface area contributed by atoms with Gasteiger partial charge in [-0.1, -0.05) is 0 Å². The molecule has 1 aromatic heterocycles. The standard InChI is InChI=1S/C10H17N3O2S2/c1-12(17(2,14)15)9-4-3-6-13(8-9)10-11-5-7-16-10/h5,7,9H,3-4,6,8H2,1-2H3. The molecule has 0 N–H and O–H groups in total. The van der Waals surface area contributed by atoms with Crippen molar-refractivity contribution in [2.45, 2.75) is 18.9 Å². The van der Waals surface area contributed by atoms with Crippen LogP contribution in [0.1, 0.15) is 12.8 Å². The van der Waals surface area contributed by atoms with Crippen molar-refractivity contribution < 1.29 is 8.42 Å². The first-order valence-corrected chi connectivity index (χ1v) is 8.29. The van der Waals surface area contributed by atoms with E-state index >= 15 is 0 Å². The van der Waals surface area contributed by atoms with Crippen LogP contribution in [-0.4, -0.2) is 50.1 Å². The minimum absolute atomic E-state index is 0.0580. The number of sulfonamides is 1. The van der Waals surface area contributed by atoms with Gasteiger partial charge in [-0.05, 0) is 12.8 Å². The Kier molecular flexibility index (Phi) is 3.70. The van der Waals surface area contributed by atoms with Crippen LogP contribution in [-0.2, 0) is 10.0 Å². The van der Waals surface area contributed by atoms with Crippen molar-refractivity contribution >= 4 is 26.5 Å². The predicted molar refractivity (Wildman–Crippen MR) is 70.0 cm³/mol. The van der Waals surface area contributed by atoms with E-state index in [-0.39, 0.29) is 6.04 Å². The van der Waals surface area contributed by atoms with Gasteiger partial charge in [0.1, 0.15) is 0 Å². The largest absolute Gasteiger partial charge is 0.346 e.